The van der Waals surface area contributed by atoms with Gasteiger partial charge in [0.25, 0.3) is 5.76 Å². The lowest BCUT2D eigenvalue weighted by molar-refractivity contribution is 0.252. The molecule has 1 N–H and O–H groups in total. The molecule has 1 nitrogen and oxygen atoms in total. The Hall–Kier alpha value is -0.970. The Morgan fingerprint density at radius 3 is 2.43 bits per heavy atom. The lowest BCUT2D eigenvalue weighted by atomic mass is 10.1. The minimum atomic E-state index is -2.45. The zero-order valence-electron chi connectivity index (χ0n) is 11.1. The van der Waals surface area contributed by atoms with Crippen LogP contribution in [-0.2, 0) is 0 Å². The summed E-state index contributed by atoms with van der Waals surface area (Å²) in [7, 11) is 0. The van der Waals surface area contributed by atoms with Gasteiger partial charge in [0.1, 0.15) is 0 Å². The molecule has 6 heteroatoms. The predicted molar refractivity (Wildman–Crippen MR) is 86.8 cm³/mol. The fourth-order valence-electron chi connectivity index (χ4n) is 1.88. The molecule has 2 rings (SSSR count). The SMILES string of the molecule is CC(Nc1ccccc1SC(F)F)c1ccc(Cl)c(Cl)c1. The molecule has 2 aromatic rings. The number of alkyl halides is 2. The average Bonchev–Trinajstić information content (AvgIpc) is 2.43. The maximum absolute atomic E-state index is 12.6. The lowest BCUT2D eigenvalue weighted by Gasteiger charge is -2.18. The van der Waals surface area contributed by atoms with E-state index in [2.05, 4.69) is 5.32 Å². The predicted octanol–water partition coefficient (Wildman–Crippen LogP) is 6.48. The van der Waals surface area contributed by atoms with Gasteiger partial charge >= 0.3 is 0 Å². The van der Waals surface area contributed by atoms with E-state index in [1.54, 1.807) is 36.4 Å². The second-order valence-electron chi connectivity index (χ2n) is 4.41. The summed E-state index contributed by atoms with van der Waals surface area (Å²) in [6.07, 6.45) is 0. The third-order valence-electron chi connectivity index (χ3n) is 2.92. The smallest absolute Gasteiger partial charge is 0.288 e. The van der Waals surface area contributed by atoms with Gasteiger partial charge in [-0.25, -0.2) is 0 Å². The van der Waals surface area contributed by atoms with E-state index >= 15 is 0 Å². The molecule has 0 fully saturated rings. The van der Waals surface area contributed by atoms with Crippen LogP contribution in [0.1, 0.15) is 18.5 Å². The molecule has 1 atom stereocenters. The third kappa shape index (κ3) is 4.50. The molecule has 0 aliphatic carbocycles. The van der Waals surface area contributed by atoms with Crippen LogP contribution in [0.15, 0.2) is 47.4 Å². The van der Waals surface area contributed by atoms with Gasteiger partial charge in [-0.05, 0) is 36.8 Å². The molecule has 0 radical (unpaired) electrons. The van der Waals surface area contributed by atoms with Gasteiger partial charge in [0, 0.05) is 16.6 Å². The highest BCUT2D eigenvalue weighted by Crippen LogP contribution is 2.34. The summed E-state index contributed by atoms with van der Waals surface area (Å²) < 4.78 is 25.1. The molecule has 0 saturated carbocycles. The van der Waals surface area contributed by atoms with Gasteiger partial charge in [-0.2, -0.15) is 8.78 Å². The molecule has 1 unspecified atom stereocenters. The van der Waals surface area contributed by atoms with Crippen molar-refractivity contribution in [2.24, 2.45) is 0 Å². The fraction of sp³-hybridized carbons (Fsp3) is 0.200. The number of anilines is 1. The largest absolute Gasteiger partial charge is 0.378 e. The normalized spacial score (nSPS) is 12.5. The average molecular weight is 348 g/mol. The molecule has 0 amide bonds. The number of hydrogen-bond donors (Lipinski definition) is 1. The minimum Gasteiger partial charge on any atom is -0.378 e. The Morgan fingerprint density at radius 1 is 1.05 bits per heavy atom. The van der Waals surface area contributed by atoms with E-state index in [1.165, 1.54) is 0 Å². The number of hydrogen-bond acceptors (Lipinski definition) is 2. The lowest BCUT2D eigenvalue weighted by Crippen LogP contribution is -2.07. The number of nitrogens with one attached hydrogen (secondary N) is 1. The third-order valence-corrected chi connectivity index (χ3v) is 4.45. The summed E-state index contributed by atoms with van der Waals surface area (Å²) in [5.41, 5.74) is 1.60. The molecule has 0 aliphatic rings. The molecule has 0 saturated heterocycles. The van der Waals surface area contributed by atoms with Gasteiger partial charge in [-0.15, -0.1) is 0 Å². The number of thioether (sulfide) groups is 1. The quantitative estimate of drug-likeness (QED) is 0.621. The number of halogens is 4. The first kappa shape index (κ1) is 16.4. The minimum absolute atomic E-state index is 0.0841. The Morgan fingerprint density at radius 2 is 1.76 bits per heavy atom. The Bertz CT molecular complexity index is 622. The van der Waals surface area contributed by atoms with Crippen LogP contribution < -0.4 is 5.32 Å². The summed E-state index contributed by atoms with van der Waals surface area (Å²) in [4.78, 5) is 0.513. The first-order valence-corrected chi connectivity index (χ1v) is 7.86. The molecule has 0 bridgehead atoms. The number of para-hydroxylation sites is 1. The monoisotopic (exact) mass is 347 g/mol. The second kappa shape index (κ2) is 7.34. The van der Waals surface area contributed by atoms with Crippen molar-refractivity contribution in [1.29, 1.82) is 0 Å². The summed E-state index contributed by atoms with van der Waals surface area (Å²) in [5.74, 6) is -2.45. The summed E-state index contributed by atoms with van der Waals surface area (Å²) in [5, 5.41) is 4.18. The molecule has 21 heavy (non-hydrogen) atoms. The molecule has 0 heterocycles. The molecule has 0 aromatic heterocycles. The van der Waals surface area contributed by atoms with Crippen LogP contribution in [0, 0.1) is 0 Å². The van der Waals surface area contributed by atoms with E-state index in [0.29, 0.717) is 32.4 Å². The van der Waals surface area contributed by atoms with Crippen molar-refractivity contribution < 1.29 is 8.78 Å². The van der Waals surface area contributed by atoms with Crippen molar-refractivity contribution in [3.63, 3.8) is 0 Å². The van der Waals surface area contributed by atoms with Crippen molar-refractivity contribution in [3.05, 3.63) is 58.1 Å². The van der Waals surface area contributed by atoms with Crippen LogP contribution in [0.25, 0.3) is 0 Å². The van der Waals surface area contributed by atoms with Crippen molar-refractivity contribution in [3.8, 4) is 0 Å². The fourth-order valence-corrected chi connectivity index (χ4v) is 2.79. The second-order valence-corrected chi connectivity index (χ2v) is 6.26. The molecule has 0 spiro atoms. The zero-order chi connectivity index (χ0) is 15.4. The number of rotatable bonds is 5. The highest BCUT2D eigenvalue weighted by molar-refractivity contribution is 7.99. The van der Waals surface area contributed by atoms with E-state index in [0.717, 1.165) is 5.56 Å². The Kier molecular flexibility index (Phi) is 5.73. The van der Waals surface area contributed by atoms with Gasteiger partial charge in [0.2, 0.25) is 0 Å². The van der Waals surface area contributed by atoms with Crippen LogP contribution in [0.3, 0.4) is 0 Å². The standard InChI is InChI=1S/C15H13Cl2F2NS/c1-9(10-6-7-11(16)12(17)8-10)20-13-4-2-3-5-14(13)21-15(18)19/h2-9,15,20H,1H3. The van der Waals surface area contributed by atoms with E-state index in [1.807, 2.05) is 13.0 Å². The first-order valence-electron chi connectivity index (χ1n) is 6.22. The van der Waals surface area contributed by atoms with Gasteiger partial charge in [0.15, 0.2) is 0 Å². The Labute approximate surface area is 136 Å². The molecule has 112 valence electrons. The van der Waals surface area contributed by atoms with E-state index < -0.39 is 5.76 Å². The van der Waals surface area contributed by atoms with E-state index in [9.17, 15) is 8.78 Å². The summed E-state index contributed by atoms with van der Waals surface area (Å²) in [6.45, 7) is 1.93. The van der Waals surface area contributed by atoms with Crippen molar-refractivity contribution in [2.75, 3.05) is 5.32 Å². The molecular weight excluding hydrogens is 335 g/mol. The molecular formula is C15H13Cl2F2NS. The van der Waals surface area contributed by atoms with Crippen molar-refractivity contribution in [2.45, 2.75) is 23.6 Å². The molecule has 0 aliphatic heterocycles. The van der Waals surface area contributed by atoms with Gasteiger partial charge in [-0.1, -0.05) is 53.2 Å². The summed E-state index contributed by atoms with van der Waals surface area (Å²) in [6, 6.07) is 12.2. The zero-order valence-corrected chi connectivity index (χ0v) is 13.4. The van der Waals surface area contributed by atoms with Crippen molar-refractivity contribution >= 4 is 40.7 Å². The van der Waals surface area contributed by atoms with Crippen LogP contribution in [0.5, 0.6) is 0 Å². The van der Waals surface area contributed by atoms with Crippen LogP contribution >= 0.6 is 35.0 Å². The van der Waals surface area contributed by atoms with E-state index in [4.69, 9.17) is 23.2 Å². The maximum Gasteiger partial charge on any atom is 0.288 e. The first-order chi connectivity index (χ1) is 9.97. The van der Waals surface area contributed by atoms with E-state index in [-0.39, 0.29) is 6.04 Å². The van der Waals surface area contributed by atoms with Crippen LogP contribution in [0.2, 0.25) is 10.0 Å². The van der Waals surface area contributed by atoms with Crippen LogP contribution in [-0.4, -0.2) is 5.76 Å². The molecule has 2 aromatic carbocycles. The maximum atomic E-state index is 12.6. The summed E-state index contributed by atoms with van der Waals surface area (Å²) >= 11 is 12.4. The topological polar surface area (TPSA) is 12.0 Å². The number of benzene rings is 2. The highest BCUT2D eigenvalue weighted by Gasteiger charge is 2.13. The van der Waals surface area contributed by atoms with Crippen molar-refractivity contribution in [1.82, 2.24) is 0 Å². The Balaban J connectivity index is 2.19. The van der Waals surface area contributed by atoms with Gasteiger partial charge < -0.3 is 5.32 Å². The van der Waals surface area contributed by atoms with Crippen LogP contribution in [0.4, 0.5) is 14.5 Å². The highest BCUT2D eigenvalue weighted by atomic mass is 35.5. The van der Waals surface area contributed by atoms with Gasteiger partial charge in [0.05, 0.1) is 10.0 Å². The van der Waals surface area contributed by atoms with Gasteiger partial charge in [-0.3, -0.25) is 0 Å².